The molecule has 4 N–H and O–H groups in total. The molecular weight excluding hydrogens is 492 g/mol. The lowest BCUT2D eigenvalue weighted by Crippen LogP contribution is -2.54. The standard InChI is InChI=1S/C24H33ClN4O7/c1-13(2)9-20(31)28-18-7-6-15(10-17(18)25)22(34)26-14(3)24(36)29-8-4-5-19(29)23(35)27-16(12-30)11-21(32)33/h6-7,12-14,16-17,19H,4-5,8-11H2,1-3H3,(H,26,34)(H,27,35)(H,28,31)(H,32,33)/t14-,16?,17?,19-/m0/s1. The van der Waals surface area contributed by atoms with E-state index in [0.717, 1.165) is 0 Å². The maximum Gasteiger partial charge on any atom is 0.305 e. The first-order valence-corrected chi connectivity index (χ1v) is 12.3. The molecule has 2 aliphatic rings. The molecule has 0 bridgehead atoms. The van der Waals surface area contributed by atoms with Crippen LogP contribution in [0.4, 0.5) is 0 Å². The Morgan fingerprint density at radius 2 is 1.83 bits per heavy atom. The summed E-state index contributed by atoms with van der Waals surface area (Å²) in [5.41, 5.74) is 0.847. The van der Waals surface area contributed by atoms with E-state index in [2.05, 4.69) is 16.0 Å². The van der Waals surface area contributed by atoms with Gasteiger partial charge in [0.2, 0.25) is 23.6 Å². The average molecular weight is 525 g/mol. The first kappa shape index (κ1) is 29.0. The van der Waals surface area contributed by atoms with Crippen LogP contribution in [0.1, 0.15) is 52.9 Å². The lowest BCUT2D eigenvalue weighted by molar-refractivity contribution is -0.142. The molecule has 1 aliphatic carbocycles. The molecule has 2 unspecified atom stereocenters. The van der Waals surface area contributed by atoms with E-state index in [0.29, 0.717) is 36.8 Å². The van der Waals surface area contributed by atoms with Crippen molar-refractivity contribution in [2.24, 2.45) is 5.92 Å². The van der Waals surface area contributed by atoms with Gasteiger partial charge in [-0.1, -0.05) is 19.9 Å². The van der Waals surface area contributed by atoms with Crippen LogP contribution in [-0.4, -0.2) is 75.9 Å². The fourth-order valence-corrected chi connectivity index (χ4v) is 4.33. The van der Waals surface area contributed by atoms with Gasteiger partial charge in [0.1, 0.15) is 18.4 Å². The van der Waals surface area contributed by atoms with E-state index < -0.39 is 53.6 Å². The molecule has 1 aliphatic heterocycles. The summed E-state index contributed by atoms with van der Waals surface area (Å²) in [6, 6.07) is -3.01. The van der Waals surface area contributed by atoms with Gasteiger partial charge >= 0.3 is 5.97 Å². The van der Waals surface area contributed by atoms with Gasteiger partial charge in [0, 0.05) is 24.2 Å². The Balaban J connectivity index is 1.98. The summed E-state index contributed by atoms with van der Waals surface area (Å²) in [5.74, 6) is -2.79. The van der Waals surface area contributed by atoms with E-state index in [-0.39, 0.29) is 24.8 Å². The van der Waals surface area contributed by atoms with Crippen molar-refractivity contribution < 1.29 is 33.9 Å². The molecule has 36 heavy (non-hydrogen) atoms. The minimum Gasteiger partial charge on any atom is -0.481 e. The third-order valence-electron chi connectivity index (χ3n) is 5.81. The molecule has 2 rings (SSSR count). The zero-order valence-corrected chi connectivity index (χ0v) is 21.3. The average Bonchev–Trinajstić information content (AvgIpc) is 3.28. The topological polar surface area (TPSA) is 162 Å². The van der Waals surface area contributed by atoms with Crippen LogP contribution in [0.2, 0.25) is 0 Å². The molecule has 0 aromatic carbocycles. The number of halogens is 1. The predicted octanol–water partition coefficient (Wildman–Crippen LogP) is 0.624. The first-order valence-electron chi connectivity index (χ1n) is 11.9. The molecular formula is C24H33ClN4O7. The Bertz CT molecular complexity index is 962. The molecule has 0 saturated carbocycles. The Morgan fingerprint density at radius 1 is 1.14 bits per heavy atom. The summed E-state index contributed by atoms with van der Waals surface area (Å²) in [7, 11) is 0. The van der Waals surface area contributed by atoms with Crippen LogP contribution in [0, 0.1) is 5.92 Å². The minimum absolute atomic E-state index is 0.158. The highest BCUT2D eigenvalue weighted by molar-refractivity contribution is 6.23. The van der Waals surface area contributed by atoms with Gasteiger partial charge in [0.05, 0.1) is 17.8 Å². The highest BCUT2D eigenvalue weighted by Crippen LogP contribution is 2.24. The number of carbonyl (C=O) groups excluding carboxylic acids is 5. The second-order valence-corrected chi connectivity index (χ2v) is 9.89. The highest BCUT2D eigenvalue weighted by atomic mass is 35.5. The number of aliphatic carboxylic acids is 1. The molecule has 1 saturated heterocycles. The summed E-state index contributed by atoms with van der Waals surface area (Å²) in [5, 5.41) is 16.0. The maximum atomic E-state index is 13.0. The molecule has 11 nitrogen and oxygen atoms in total. The van der Waals surface area contributed by atoms with Gasteiger partial charge in [0.25, 0.3) is 0 Å². The van der Waals surface area contributed by atoms with Gasteiger partial charge < -0.3 is 30.8 Å². The Labute approximate surface area is 214 Å². The number of carbonyl (C=O) groups is 6. The van der Waals surface area contributed by atoms with Gasteiger partial charge in [-0.05, 0) is 38.2 Å². The van der Waals surface area contributed by atoms with Crippen molar-refractivity contribution >= 4 is 47.5 Å². The van der Waals surface area contributed by atoms with Crippen molar-refractivity contribution in [3.05, 3.63) is 23.4 Å². The Hall–Kier alpha value is -3.21. The Morgan fingerprint density at radius 3 is 2.42 bits per heavy atom. The van der Waals surface area contributed by atoms with E-state index in [1.165, 1.54) is 11.8 Å². The lowest BCUT2D eigenvalue weighted by Gasteiger charge is -2.28. The van der Waals surface area contributed by atoms with Crippen LogP contribution in [0.3, 0.4) is 0 Å². The van der Waals surface area contributed by atoms with E-state index in [9.17, 15) is 28.8 Å². The number of nitrogens with zero attached hydrogens (tertiary/aromatic N) is 1. The number of alkyl halides is 1. The fraction of sp³-hybridized carbons (Fsp3) is 0.583. The first-order chi connectivity index (χ1) is 16.9. The molecule has 0 spiro atoms. The largest absolute Gasteiger partial charge is 0.481 e. The number of allylic oxidation sites excluding steroid dienone is 3. The summed E-state index contributed by atoms with van der Waals surface area (Å²) < 4.78 is 0. The van der Waals surface area contributed by atoms with Crippen molar-refractivity contribution in [3.63, 3.8) is 0 Å². The van der Waals surface area contributed by atoms with Crippen LogP contribution < -0.4 is 16.0 Å². The number of carboxylic acids is 1. The fourth-order valence-electron chi connectivity index (χ4n) is 4.04. The summed E-state index contributed by atoms with van der Waals surface area (Å²) >= 11 is 6.36. The molecule has 4 amide bonds. The van der Waals surface area contributed by atoms with E-state index in [1.807, 2.05) is 13.8 Å². The number of likely N-dealkylation sites (tertiary alicyclic amines) is 1. The third kappa shape index (κ3) is 8.18. The van der Waals surface area contributed by atoms with Crippen LogP contribution >= 0.6 is 11.6 Å². The number of aldehydes is 1. The van der Waals surface area contributed by atoms with Crippen molar-refractivity contribution in [2.75, 3.05) is 6.54 Å². The number of carboxylic acid groups (broad SMARTS) is 1. The SMILES string of the molecule is CC(C)CC(=O)NC1=CC=C(C(=O)N[C@@H](C)C(=O)N2CCC[C@H]2C(=O)NC(C=O)CC(=O)O)CC1Cl. The summed E-state index contributed by atoms with van der Waals surface area (Å²) in [6.45, 7) is 5.64. The van der Waals surface area contributed by atoms with Crippen LogP contribution in [0.25, 0.3) is 0 Å². The van der Waals surface area contributed by atoms with Crippen molar-refractivity contribution in [3.8, 4) is 0 Å². The molecule has 198 valence electrons. The monoisotopic (exact) mass is 524 g/mol. The van der Waals surface area contributed by atoms with Gasteiger partial charge in [-0.3, -0.25) is 24.0 Å². The van der Waals surface area contributed by atoms with Crippen LogP contribution in [0.15, 0.2) is 23.4 Å². The van der Waals surface area contributed by atoms with E-state index in [4.69, 9.17) is 16.7 Å². The quantitative estimate of drug-likeness (QED) is 0.227. The molecule has 0 aromatic heterocycles. The van der Waals surface area contributed by atoms with E-state index >= 15 is 0 Å². The summed E-state index contributed by atoms with van der Waals surface area (Å²) in [6.07, 6.45) is 4.31. The molecule has 12 heteroatoms. The van der Waals surface area contributed by atoms with Crippen molar-refractivity contribution in [1.82, 2.24) is 20.9 Å². The van der Waals surface area contributed by atoms with E-state index in [1.54, 1.807) is 12.2 Å². The van der Waals surface area contributed by atoms with Crippen molar-refractivity contribution in [2.45, 2.75) is 76.4 Å². The zero-order chi connectivity index (χ0) is 27.0. The predicted molar refractivity (Wildman–Crippen MR) is 131 cm³/mol. The number of amides is 4. The molecule has 1 fully saturated rings. The second-order valence-electron chi connectivity index (χ2n) is 9.37. The molecule has 0 radical (unpaired) electrons. The summed E-state index contributed by atoms with van der Waals surface area (Å²) in [4.78, 5) is 73.6. The number of rotatable bonds is 11. The lowest BCUT2D eigenvalue weighted by atomic mass is 10.0. The molecule has 4 atom stereocenters. The zero-order valence-electron chi connectivity index (χ0n) is 20.6. The van der Waals surface area contributed by atoms with Gasteiger partial charge in [-0.2, -0.15) is 0 Å². The second kappa shape index (κ2) is 13.2. The number of hydrogen-bond donors (Lipinski definition) is 4. The van der Waals surface area contributed by atoms with Crippen molar-refractivity contribution in [1.29, 1.82) is 0 Å². The maximum absolute atomic E-state index is 13.0. The Kier molecular flexibility index (Phi) is 10.6. The normalized spacial score (nSPS) is 21.1. The van der Waals surface area contributed by atoms with Crippen LogP contribution in [0.5, 0.6) is 0 Å². The molecule has 0 aromatic rings. The smallest absolute Gasteiger partial charge is 0.305 e. The number of nitrogens with one attached hydrogen (secondary N) is 3. The van der Waals surface area contributed by atoms with Gasteiger partial charge in [-0.15, -0.1) is 11.6 Å². The number of hydrogen-bond acceptors (Lipinski definition) is 6. The third-order valence-corrected chi connectivity index (χ3v) is 6.20. The van der Waals surface area contributed by atoms with Gasteiger partial charge in [0.15, 0.2) is 0 Å². The molecule has 1 heterocycles. The minimum atomic E-state index is -1.24. The highest BCUT2D eigenvalue weighted by Gasteiger charge is 2.37. The van der Waals surface area contributed by atoms with Crippen LogP contribution in [-0.2, 0) is 28.8 Å². The van der Waals surface area contributed by atoms with Gasteiger partial charge in [-0.25, -0.2) is 0 Å².